The van der Waals surface area contributed by atoms with Gasteiger partial charge in [-0.15, -0.1) is 23.5 Å². The summed E-state index contributed by atoms with van der Waals surface area (Å²) in [5.74, 6) is -1.75. The van der Waals surface area contributed by atoms with E-state index in [0.29, 0.717) is 18.4 Å². The van der Waals surface area contributed by atoms with Crippen molar-refractivity contribution < 1.29 is 43.6 Å². The van der Waals surface area contributed by atoms with Crippen molar-refractivity contribution in [3.8, 4) is 0 Å². The van der Waals surface area contributed by atoms with Gasteiger partial charge < -0.3 is 34.2 Å². The van der Waals surface area contributed by atoms with Crippen LogP contribution in [0.1, 0.15) is 90.9 Å². The van der Waals surface area contributed by atoms with E-state index in [1.54, 1.807) is 40.5 Å². The molecule has 3 saturated heterocycles. The standard InChI is InChI=1S/C36H50N2O9S2/c1-5-7-9-13-25(39)18-29(41)46-27-15-11-12-23-20-35(48-3)33(43)38-32-24(21-36(38,49-4)34(44)37(35)31(23)27)22-45-17-16-28(32)47-30(42)19-26(40)14-10-8-6-2/h11-12,15-17,22,25-28,31-32,39-40H,5-10,13-14,18-21H2,1-4H3/t25-,26-,27-,28-,31-,32-,35+,36+/m0/s1. The lowest BCUT2D eigenvalue weighted by atomic mass is 9.96. The van der Waals surface area contributed by atoms with Gasteiger partial charge in [0.15, 0.2) is 9.74 Å². The van der Waals surface area contributed by atoms with Gasteiger partial charge in [0.2, 0.25) is 0 Å². The van der Waals surface area contributed by atoms with E-state index < -0.39 is 58.2 Å². The smallest absolute Gasteiger partial charge is 0.309 e. The predicted octanol–water partition coefficient (Wildman–Crippen LogP) is 4.73. The van der Waals surface area contributed by atoms with Gasteiger partial charge in [-0.25, -0.2) is 0 Å². The summed E-state index contributed by atoms with van der Waals surface area (Å²) in [4.78, 5) is 56.7. The number of rotatable bonds is 16. The van der Waals surface area contributed by atoms with Crippen molar-refractivity contribution in [3.63, 3.8) is 0 Å². The van der Waals surface area contributed by atoms with E-state index in [9.17, 15) is 19.8 Å². The summed E-state index contributed by atoms with van der Waals surface area (Å²) in [6, 6.07) is -1.49. The number of nitrogens with zero attached hydrogens (tertiary/aromatic N) is 2. The van der Waals surface area contributed by atoms with Crippen LogP contribution in [0.4, 0.5) is 0 Å². The molecule has 13 heteroatoms. The van der Waals surface area contributed by atoms with Gasteiger partial charge in [0, 0.05) is 12.8 Å². The number of carbonyl (C=O) groups is 4. The highest BCUT2D eigenvalue weighted by Gasteiger charge is 2.73. The Morgan fingerprint density at radius 2 is 1.33 bits per heavy atom. The fourth-order valence-corrected chi connectivity index (χ4v) is 9.69. The maximum absolute atomic E-state index is 15.1. The van der Waals surface area contributed by atoms with E-state index >= 15 is 9.59 Å². The molecule has 1 aliphatic carbocycles. The Morgan fingerprint density at radius 1 is 0.837 bits per heavy atom. The fourth-order valence-electron chi connectivity index (χ4n) is 7.73. The molecule has 0 bridgehead atoms. The molecule has 4 heterocycles. The van der Waals surface area contributed by atoms with Crippen molar-refractivity contribution in [2.75, 3.05) is 12.5 Å². The number of allylic oxidation sites excluding steroid dienone is 2. The Balaban J connectivity index is 1.41. The average Bonchev–Trinajstić information content (AvgIpc) is 3.54. The first-order valence-corrected chi connectivity index (χ1v) is 19.9. The lowest BCUT2D eigenvalue weighted by Gasteiger charge is -2.54. The zero-order valence-corrected chi connectivity index (χ0v) is 30.5. The Morgan fingerprint density at radius 3 is 1.84 bits per heavy atom. The van der Waals surface area contributed by atoms with Gasteiger partial charge in [-0.2, -0.15) is 0 Å². The number of fused-ring (bicyclic) bond motifs is 6. The summed E-state index contributed by atoms with van der Waals surface area (Å²) in [6.45, 7) is 4.14. The molecule has 2 amide bonds. The third kappa shape index (κ3) is 7.23. The van der Waals surface area contributed by atoms with Crippen LogP contribution in [0.15, 0.2) is 48.0 Å². The molecule has 0 spiro atoms. The van der Waals surface area contributed by atoms with Crippen molar-refractivity contribution in [3.05, 3.63) is 48.0 Å². The fraction of sp³-hybridized carbons (Fsp3) is 0.667. The van der Waals surface area contributed by atoms with Gasteiger partial charge >= 0.3 is 11.9 Å². The van der Waals surface area contributed by atoms with E-state index in [0.717, 1.165) is 44.1 Å². The molecule has 5 rings (SSSR count). The number of hydrogen-bond donors (Lipinski definition) is 2. The molecular weight excluding hydrogens is 669 g/mol. The van der Waals surface area contributed by atoms with E-state index in [2.05, 4.69) is 13.8 Å². The molecule has 0 unspecified atom stereocenters. The molecule has 0 aromatic heterocycles. The first-order chi connectivity index (χ1) is 23.6. The van der Waals surface area contributed by atoms with Gasteiger partial charge in [0.25, 0.3) is 11.8 Å². The van der Waals surface area contributed by atoms with Crippen molar-refractivity contribution in [1.29, 1.82) is 0 Å². The number of piperazine rings is 1. The molecule has 49 heavy (non-hydrogen) atoms. The van der Waals surface area contributed by atoms with Gasteiger partial charge in [-0.1, -0.05) is 64.5 Å². The zero-order valence-electron chi connectivity index (χ0n) is 28.9. The maximum Gasteiger partial charge on any atom is 0.309 e. The highest BCUT2D eigenvalue weighted by atomic mass is 32.2. The molecule has 2 N–H and O–H groups in total. The predicted molar refractivity (Wildman–Crippen MR) is 188 cm³/mol. The van der Waals surface area contributed by atoms with Gasteiger partial charge in [-0.3, -0.25) is 19.2 Å². The third-order valence-corrected chi connectivity index (χ3v) is 12.6. The lowest BCUT2D eigenvalue weighted by Crippen LogP contribution is -2.74. The van der Waals surface area contributed by atoms with Crippen LogP contribution in [0.5, 0.6) is 0 Å². The van der Waals surface area contributed by atoms with Crippen molar-refractivity contribution in [2.45, 2.75) is 137 Å². The Labute approximate surface area is 297 Å². The van der Waals surface area contributed by atoms with Crippen LogP contribution in [0.3, 0.4) is 0 Å². The number of esters is 2. The summed E-state index contributed by atoms with van der Waals surface area (Å²) in [7, 11) is 0. The highest BCUT2D eigenvalue weighted by Crippen LogP contribution is 2.59. The molecule has 0 aromatic rings. The number of ether oxygens (including phenoxy) is 3. The summed E-state index contributed by atoms with van der Waals surface area (Å²) in [5, 5.41) is 20.9. The Hall–Kier alpha value is -2.74. The Kier molecular flexibility index (Phi) is 12.3. The molecule has 270 valence electrons. The quantitative estimate of drug-likeness (QED) is 0.169. The summed E-state index contributed by atoms with van der Waals surface area (Å²) in [5.41, 5.74) is 1.44. The molecule has 11 nitrogen and oxygen atoms in total. The molecule has 0 saturated carbocycles. The first-order valence-electron chi connectivity index (χ1n) is 17.5. The van der Waals surface area contributed by atoms with Crippen LogP contribution in [0, 0.1) is 0 Å². The topological polar surface area (TPSA) is 143 Å². The lowest BCUT2D eigenvalue weighted by molar-refractivity contribution is -0.172. The average molecular weight is 719 g/mol. The SMILES string of the molecule is CCCCC[C@H](O)CC(=O)O[C@H]1C=CC=C2C[C@@]3(SC)C(=O)N4[C@H]5C(=COC=C[C@@H]5OC(=O)C[C@@H](O)CCCCC)C[C@@]4(SC)C(=O)N3[C@@H]21. The minimum atomic E-state index is -1.37. The van der Waals surface area contributed by atoms with Gasteiger partial charge in [0.05, 0.1) is 49.7 Å². The largest absolute Gasteiger partial charge is 0.473 e. The van der Waals surface area contributed by atoms with Crippen LogP contribution in [-0.4, -0.2) is 103 Å². The molecule has 5 aliphatic rings. The van der Waals surface area contributed by atoms with Crippen molar-refractivity contribution >= 4 is 47.3 Å². The number of amides is 2. The summed E-state index contributed by atoms with van der Waals surface area (Å²) >= 11 is 2.51. The maximum atomic E-state index is 15.1. The number of aliphatic hydroxyl groups excluding tert-OH is 2. The van der Waals surface area contributed by atoms with Crippen LogP contribution < -0.4 is 0 Å². The number of carbonyl (C=O) groups excluding carboxylic acids is 4. The molecular formula is C36H50N2O9S2. The first kappa shape index (κ1) is 37.5. The van der Waals surface area contributed by atoms with E-state index in [4.69, 9.17) is 14.2 Å². The monoisotopic (exact) mass is 718 g/mol. The molecule has 3 fully saturated rings. The molecule has 0 radical (unpaired) electrons. The number of aliphatic hydroxyl groups is 2. The van der Waals surface area contributed by atoms with Crippen molar-refractivity contribution in [1.82, 2.24) is 9.80 Å². The normalized spacial score (nSPS) is 31.1. The summed E-state index contributed by atoms with van der Waals surface area (Å²) < 4.78 is 17.5. The zero-order chi connectivity index (χ0) is 35.3. The third-order valence-electron chi connectivity index (χ3n) is 10.2. The minimum absolute atomic E-state index is 0.149. The van der Waals surface area contributed by atoms with Crippen LogP contribution >= 0.6 is 23.5 Å². The minimum Gasteiger partial charge on any atom is -0.473 e. The molecule has 8 atom stereocenters. The van der Waals surface area contributed by atoms with Crippen LogP contribution in [-0.2, 0) is 33.4 Å². The van der Waals surface area contributed by atoms with Gasteiger partial charge in [0.1, 0.15) is 12.2 Å². The number of unbranched alkanes of at least 4 members (excludes halogenated alkanes) is 4. The second-order valence-corrected chi connectivity index (χ2v) is 15.6. The van der Waals surface area contributed by atoms with Gasteiger partial charge in [-0.05, 0) is 48.7 Å². The molecule has 0 aromatic carbocycles. The van der Waals surface area contributed by atoms with E-state index in [-0.39, 0.29) is 37.5 Å². The van der Waals surface area contributed by atoms with Crippen LogP contribution in [0.25, 0.3) is 0 Å². The Bertz CT molecular complexity index is 1400. The summed E-state index contributed by atoms with van der Waals surface area (Å²) in [6.07, 6.45) is 16.7. The van der Waals surface area contributed by atoms with E-state index in [1.165, 1.54) is 36.0 Å². The van der Waals surface area contributed by atoms with E-state index in [1.807, 2.05) is 6.08 Å². The second-order valence-electron chi connectivity index (χ2n) is 13.5. The van der Waals surface area contributed by atoms with Crippen LogP contribution in [0.2, 0.25) is 0 Å². The number of thioether (sulfide) groups is 2. The highest BCUT2D eigenvalue weighted by molar-refractivity contribution is 8.01. The number of hydrogen-bond acceptors (Lipinski definition) is 11. The molecule has 4 aliphatic heterocycles. The van der Waals surface area contributed by atoms with Crippen molar-refractivity contribution in [2.24, 2.45) is 0 Å². The second kappa shape index (κ2) is 16.1.